The molecule has 0 unspecified atom stereocenters. The van der Waals surface area contributed by atoms with Crippen molar-refractivity contribution in [3.63, 3.8) is 0 Å². The number of halogens is 1. The maximum atomic E-state index is 13.8. The number of likely N-dealkylation sites (tertiary alicyclic amines) is 1. The van der Waals surface area contributed by atoms with Gasteiger partial charge in [-0.05, 0) is 19.3 Å². The second-order valence-corrected chi connectivity index (χ2v) is 5.03. The Hall–Kier alpha value is -1.17. The van der Waals surface area contributed by atoms with E-state index in [1.807, 2.05) is 0 Å². The van der Waals surface area contributed by atoms with Gasteiger partial charge in [0.15, 0.2) is 0 Å². The molecule has 0 aromatic heterocycles. The van der Waals surface area contributed by atoms with Gasteiger partial charge in [-0.3, -0.25) is 4.79 Å². The Morgan fingerprint density at radius 2 is 2.22 bits per heavy atom. The van der Waals surface area contributed by atoms with Crippen LogP contribution >= 0.6 is 0 Å². The van der Waals surface area contributed by atoms with Crippen LogP contribution in [0.3, 0.4) is 0 Å². The van der Waals surface area contributed by atoms with Gasteiger partial charge >= 0.3 is 5.97 Å². The zero-order valence-electron chi connectivity index (χ0n) is 10.2. The average molecular weight is 259 g/mol. The van der Waals surface area contributed by atoms with E-state index >= 15 is 0 Å². The van der Waals surface area contributed by atoms with Gasteiger partial charge in [0, 0.05) is 19.6 Å². The second-order valence-electron chi connectivity index (χ2n) is 5.03. The summed E-state index contributed by atoms with van der Waals surface area (Å²) in [6, 6.07) is 0. The monoisotopic (exact) mass is 259 g/mol. The Balaban J connectivity index is 1.85. The molecule has 2 aliphatic heterocycles. The third-order valence-electron chi connectivity index (χ3n) is 3.63. The van der Waals surface area contributed by atoms with Crippen LogP contribution < -0.4 is 0 Å². The van der Waals surface area contributed by atoms with Crippen molar-refractivity contribution in [2.75, 3.05) is 19.7 Å². The Labute approximate surface area is 105 Å². The fraction of sp³-hybridized carbons (Fsp3) is 0.833. The van der Waals surface area contributed by atoms with Gasteiger partial charge in [-0.1, -0.05) is 0 Å². The van der Waals surface area contributed by atoms with Gasteiger partial charge in [0.2, 0.25) is 11.6 Å². The minimum Gasteiger partial charge on any atom is -0.479 e. The molecule has 18 heavy (non-hydrogen) atoms. The quantitative estimate of drug-likeness (QED) is 0.820. The molecule has 0 aliphatic carbocycles. The van der Waals surface area contributed by atoms with E-state index in [1.54, 1.807) is 0 Å². The lowest BCUT2D eigenvalue weighted by molar-refractivity contribution is -0.150. The molecule has 0 radical (unpaired) electrons. The number of hydrogen-bond donors (Lipinski definition) is 1. The van der Waals surface area contributed by atoms with Crippen LogP contribution in [0.25, 0.3) is 0 Å². The molecule has 0 bridgehead atoms. The van der Waals surface area contributed by atoms with Crippen LogP contribution in [0.5, 0.6) is 0 Å². The molecule has 0 aromatic carbocycles. The number of ether oxygens (including phenoxy) is 1. The number of nitrogens with zero attached hydrogens (tertiary/aromatic N) is 1. The van der Waals surface area contributed by atoms with Gasteiger partial charge in [0.1, 0.15) is 0 Å². The molecule has 1 amide bonds. The predicted octanol–water partition coefficient (Wildman–Crippen LogP) is 0.971. The summed E-state index contributed by atoms with van der Waals surface area (Å²) in [5.74, 6) is -1.69. The summed E-state index contributed by atoms with van der Waals surface area (Å²) in [5.41, 5.74) is -2.27. The lowest BCUT2D eigenvalue weighted by Crippen LogP contribution is -2.40. The van der Waals surface area contributed by atoms with E-state index in [-0.39, 0.29) is 37.9 Å². The number of rotatable bonds is 3. The highest BCUT2D eigenvalue weighted by Crippen LogP contribution is 2.27. The lowest BCUT2D eigenvalue weighted by atomic mass is 10.1. The molecule has 0 aromatic rings. The minimum atomic E-state index is -2.27. The fourth-order valence-electron chi connectivity index (χ4n) is 2.45. The summed E-state index contributed by atoms with van der Waals surface area (Å²) in [4.78, 5) is 24.0. The van der Waals surface area contributed by atoms with Crippen LogP contribution in [-0.2, 0) is 14.3 Å². The van der Waals surface area contributed by atoms with Crippen molar-refractivity contribution in [2.24, 2.45) is 0 Å². The second kappa shape index (κ2) is 5.22. The summed E-state index contributed by atoms with van der Waals surface area (Å²) in [7, 11) is 0. The van der Waals surface area contributed by atoms with Crippen LogP contribution in [0.2, 0.25) is 0 Å². The normalized spacial score (nSPS) is 32.5. The van der Waals surface area contributed by atoms with E-state index in [1.165, 1.54) is 4.90 Å². The number of amides is 1. The molecule has 0 saturated carbocycles. The summed E-state index contributed by atoms with van der Waals surface area (Å²) in [6.45, 7) is 0.502. The molecular formula is C12H18FNO4. The molecule has 2 fully saturated rings. The molecule has 6 heteroatoms. The summed E-state index contributed by atoms with van der Waals surface area (Å²) < 4.78 is 19.2. The van der Waals surface area contributed by atoms with E-state index in [2.05, 4.69) is 0 Å². The first-order valence-corrected chi connectivity index (χ1v) is 6.33. The molecule has 0 spiro atoms. The molecule has 2 heterocycles. The Kier molecular flexibility index (Phi) is 3.85. The average Bonchev–Trinajstić information content (AvgIpc) is 2.75. The van der Waals surface area contributed by atoms with Gasteiger partial charge in [0.05, 0.1) is 19.1 Å². The van der Waals surface area contributed by atoms with E-state index in [0.717, 1.165) is 19.3 Å². The van der Waals surface area contributed by atoms with Crippen molar-refractivity contribution in [1.29, 1.82) is 0 Å². The third kappa shape index (κ3) is 2.80. The van der Waals surface area contributed by atoms with Crippen molar-refractivity contribution in [3.8, 4) is 0 Å². The van der Waals surface area contributed by atoms with E-state index in [0.29, 0.717) is 6.61 Å². The van der Waals surface area contributed by atoms with Crippen LogP contribution in [-0.4, -0.2) is 53.4 Å². The first-order valence-electron chi connectivity index (χ1n) is 6.33. The first-order chi connectivity index (χ1) is 8.51. The minimum absolute atomic E-state index is 0.0920. The highest BCUT2D eigenvalue weighted by Gasteiger charge is 2.46. The Morgan fingerprint density at radius 3 is 2.78 bits per heavy atom. The maximum Gasteiger partial charge on any atom is 0.343 e. The number of aliphatic carboxylic acids is 1. The van der Waals surface area contributed by atoms with Crippen LogP contribution in [0, 0.1) is 0 Å². The molecule has 5 nitrogen and oxygen atoms in total. The van der Waals surface area contributed by atoms with Gasteiger partial charge in [-0.25, -0.2) is 9.18 Å². The zero-order valence-corrected chi connectivity index (χ0v) is 10.2. The van der Waals surface area contributed by atoms with E-state index in [9.17, 15) is 14.0 Å². The Bertz CT molecular complexity index is 343. The van der Waals surface area contributed by atoms with Crippen molar-refractivity contribution in [2.45, 2.75) is 43.9 Å². The summed E-state index contributed by atoms with van der Waals surface area (Å²) in [5, 5.41) is 8.76. The number of carbonyl (C=O) groups excluding carboxylic acids is 1. The van der Waals surface area contributed by atoms with E-state index in [4.69, 9.17) is 9.84 Å². The highest BCUT2D eigenvalue weighted by molar-refractivity contribution is 5.82. The van der Waals surface area contributed by atoms with Gasteiger partial charge < -0.3 is 14.7 Å². The smallest absolute Gasteiger partial charge is 0.343 e. The third-order valence-corrected chi connectivity index (χ3v) is 3.63. The van der Waals surface area contributed by atoms with Crippen molar-refractivity contribution in [3.05, 3.63) is 0 Å². The SMILES string of the molecule is O=C(C[C@H]1CCCCO1)N1CC[C@](F)(C(=O)O)C1. The Morgan fingerprint density at radius 1 is 1.44 bits per heavy atom. The topological polar surface area (TPSA) is 66.8 Å². The number of carboxylic acids is 1. The number of carboxylic acid groups (broad SMARTS) is 1. The molecule has 2 rings (SSSR count). The standard InChI is InChI=1S/C12H18FNO4/c13-12(11(16)17)4-5-14(8-12)10(15)7-9-3-1-2-6-18-9/h9H,1-8H2,(H,16,17)/t9-,12-/m1/s1. The number of hydrogen-bond acceptors (Lipinski definition) is 3. The number of alkyl halides is 1. The summed E-state index contributed by atoms with van der Waals surface area (Å²) in [6.07, 6.45) is 2.92. The lowest BCUT2D eigenvalue weighted by Gasteiger charge is -2.24. The van der Waals surface area contributed by atoms with Gasteiger partial charge in [-0.15, -0.1) is 0 Å². The molecule has 102 valence electrons. The van der Waals surface area contributed by atoms with Crippen LogP contribution in [0.15, 0.2) is 0 Å². The highest BCUT2D eigenvalue weighted by atomic mass is 19.1. The zero-order chi connectivity index (χ0) is 13.2. The summed E-state index contributed by atoms with van der Waals surface area (Å²) >= 11 is 0. The largest absolute Gasteiger partial charge is 0.479 e. The first kappa shape index (κ1) is 13.3. The molecule has 2 aliphatic rings. The predicted molar refractivity (Wildman–Crippen MR) is 60.9 cm³/mol. The molecule has 2 atom stereocenters. The van der Waals surface area contributed by atoms with E-state index < -0.39 is 11.6 Å². The van der Waals surface area contributed by atoms with Crippen LogP contribution in [0.4, 0.5) is 4.39 Å². The molecule has 1 N–H and O–H groups in total. The van der Waals surface area contributed by atoms with Crippen molar-refractivity contribution in [1.82, 2.24) is 4.90 Å². The fourth-order valence-corrected chi connectivity index (χ4v) is 2.45. The van der Waals surface area contributed by atoms with Crippen molar-refractivity contribution >= 4 is 11.9 Å². The maximum absolute atomic E-state index is 13.8. The van der Waals surface area contributed by atoms with Crippen molar-refractivity contribution < 1.29 is 23.8 Å². The molecule has 2 saturated heterocycles. The van der Waals surface area contributed by atoms with Gasteiger partial charge in [0.25, 0.3) is 0 Å². The number of carbonyl (C=O) groups is 2. The van der Waals surface area contributed by atoms with Gasteiger partial charge in [-0.2, -0.15) is 0 Å². The molecular weight excluding hydrogens is 241 g/mol. The van der Waals surface area contributed by atoms with Crippen LogP contribution in [0.1, 0.15) is 32.1 Å².